The second-order valence-electron chi connectivity index (χ2n) is 4.49. The van der Waals surface area contributed by atoms with Gasteiger partial charge < -0.3 is 9.67 Å². The number of nitrogens with zero attached hydrogens (tertiary/aromatic N) is 2. The molecule has 1 N–H and O–H groups in total. The van der Waals surface area contributed by atoms with Gasteiger partial charge >= 0.3 is 0 Å². The van der Waals surface area contributed by atoms with Gasteiger partial charge in [0, 0.05) is 27.1 Å². The summed E-state index contributed by atoms with van der Waals surface area (Å²) in [5.41, 5.74) is 1.99. The van der Waals surface area contributed by atoms with Crippen LogP contribution >= 0.6 is 22.6 Å². The SMILES string of the molecule is Oc1ccccc1Cn1ccnc1-c1ccccc1I. The molecule has 0 atom stereocenters. The topological polar surface area (TPSA) is 38.0 Å². The number of rotatable bonds is 3. The number of benzene rings is 2. The maximum atomic E-state index is 9.89. The molecule has 3 nitrogen and oxygen atoms in total. The van der Waals surface area contributed by atoms with Crippen LogP contribution < -0.4 is 0 Å². The Hall–Kier alpha value is -1.82. The van der Waals surface area contributed by atoms with E-state index in [1.807, 2.05) is 41.1 Å². The highest BCUT2D eigenvalue weighted by atomic mass is 127. The molecule has 0 aliphatic carbocycles. The van der Waals surface area contributed by atoms with E-state index in [1.54, 1.807) is 12.3 Å². The lowest BCUT2D eigenvalue weighted by Crippen LogP contribution is -2.02. The van der Waals surface area contributed by atoms with Crippen molar-refractivity contribution < 1.29 is 5.11 Å². The zero-order chi connectivity index (χ0) is 13.9. The summed E-state index contributed by atoms with van der Waals surface area (Å²) in [5.74, 6) is 1.23. The Morgan fingerprint density at radius 1 is 1.05 bits per heavy atom. The molecule has 0 fully saturated rings. The Labute approximate surface area is 131 Å². The molecule has 0 aliphatic rings. The molecular weight excluding hydrogens is 363 g/mol. The zero-order valence-corrected chi connectivity index (χ0v) is 12.9. The molecule has 3 rings (SSSR count). The lowest BCUT2D eigenvalue weighted by Gasteiger charge is -2.10. The summed E-state index contributed by atoms with van der Waals surface area (Å²) >= 11 is 2.31. The number of halogens is 1. The van der Waals surface area contributed by atoms with E-state index < -0.39 is 0 Å². The zero-order valence-electron chi connectivity index (χ0n) is 10.7. The van der Waals surface area contributed by atoms with Crippen LogP contribution in [0.2, 0.25) is 0 Å². The number of phenols is 1. The fourth-order valence-corrected chi connectivity index (χ4v) is 2.78. The van der Waals surface area contributed by atoms with Gasteiger partial charge in [0.15, 0.2) is 0 Å². The number of aromatic nitrogens is 2. The summed E-state index contributed by atoms with van der Waals surface area (Å²) in [6.45, 7) is 0.604. The number of aromatic hydroxyl groups is 1. The van der Waals surface area contributed by atoms with Crippen LogP contribution in [0.15, 0.2) is 60.9 Å². The van der Waals surface area contributed by atoms with Crippen LogP contribution in [0.4, 0.5) is 0 Å². The molecule has 0 unspecified atom stereocenters. The number of hydrogen-bond donors (Lipinski definition) is 1. The van der Waals surface area contributed by atoms with Crippen LogP contribution in [0.25, 0.3) is 11.4 Å². The first-order chi connectivity index (χ1) is 9.75. The third-order valence-corrected chi connectivity index (χ3v) is 4.10. The molecule has 4 heteroatoms. The quantitative estimate of drug-likeness (QED) is 0.704. The van der Waals surface area contributed by atoms with Crippen LogP contribution in [0.5, 0.6) is 5.75 Å². The lowest BCUT2D eigenvalue weighted by atomic mass is 10.2. The molecule has 0 saturated heterocycles. The summed E-state index contributed by atoms with van der Waals surface area (Å²) in [5, 5.41) is 9.89. The third-order valence-electron chi connectivity index (χ3n) is 3.16. The second kappa shape index (κ2) is 5.66. The first kappa shape index (κ1) is 13.2. The summed E-state index contributed by atoms with van der Waals surface area (Å²) in [6, 6.07) is 15.5. The van der Waals surface area contributed by atoms with E-state index >= 15 is 0 Å². The minimum atomic E-state index is 0.315. The van der Waals surface area contributed by atoms with Gasteiger partial charge in [-0.15, -0.1) is 0 Å². The highest BCUT2D eigenvalue weighted by Gasteiger charge is 2.10. The highest BCUT2D eigenvalue weighted by molar-refractivity contribution is 14.1. The highest BCUT2D eigenvalue weighted by Crippen LogP contribution is 2.25. The van der Waals surface area contributed by atoms with Gasteiger partial charge in [-0.1, -0.05) is 36.4 Å². The van der Waals surface area contributed by atoms with Gasteiger partial charge in [-0.3, -0.25) is 0 Å². The van der Waals surface area contributed by atoms with Crippen LogP contribution in [0.1, 0.15) is 5.56 Å². The van der Waals surface area contributed by atoms with Crippen molar-refractivity contribution in [2.45, 2.75) is 6.54 Å². The molecule has 0 spiro atoms. The Morgan fingerprint density at radius 3 is 2.60 bits per heavy atom. The van der Waals surface area contributed by atoms with Crippen LogP contribution in [-0.2, 0) is 6.54 Å². The average Bonchev–Trinajstić information content (AvgIpc) is 2.90. The minimum absolute atomic E-state index is 0.315. The van der Waals surface area contributed by atoms with Crippen molar-refractivity contribution in [1.29, 1.82) is 0 Å². The normalized spacial score (nSPS) is 10.7. The second-order valence-corrected chi connectivity index (χ2v) is 5.65. The van der Waals surface area contributed by atoms with Gasteiger partial charge in [0.1, 0.15) is 11.6 Å². The minimum Gasteiger partial charge on any atom is -0.508 e. The van der Waals surface area contributed by atoms with Gasteiger partial charge in [0.2, 0.25) is 0 Å². The maximum Gasteiger partial charge on any atom is 0.141 e. The van der Waals surface area contributed by atoms with Gasteiger partial charge in [0.25, 0.3) is 0 Å². The molecule has 0 radical (unpaired) electrons. The van der Waals surface area contributed by atoms with Gasteiger partial charge in [-0.05, 0) is 34.7 Å². The number of imidazole rings is 1. The van der Waals surface area contributed by atoms with Crippen LogP contribution in [0, 0.1) is 3.57 Å². The first-order valence-corrected chi connectivity index (χ1v) is 7.36. The Morgan fingerprint density at radius 2 is 1.80 bits per heavy atom. The van der Waals surface area contributed by atoms with E-state index in [2.05, 4.69) is 39.7 Å². The molecule has 3 aromatic rings. The molecule has 0 saturated carbocycles. The first-order valence-electron chi connectivity index (χ1n) is 6.28. The molecule has 1 heterocycles. The van der Waals surface area contributed by atoms with E-state index in [1.165, 1.54) is 0 Å². The molecule has 20 heavy (non-hydrogen) atoms. The molecule has 0 amide bonds. The summed E-state index contributed by atoms with van der Waals surface area (Å²) < 4.78 is 3.21. The van der Waals surface area contributed by atoms with Crippen molar-refractivity contribution >= 4 is 22.6 Å². The van der Waals surface area contributed by atoms with E-state index in [4.69, 9.17) is 0 Å². The molecular formula is C16H13IN2O. The van der Waals surface area contributed by atoms with Crippen molar-refractivity contribution in [3.63, 3.8) is 0 Å². The third kappa shape index (κ3) is 2.56. The van der Waals surface area contributed by atoms with E-state index in [0.29, 0.717) is 12.3 Å². The summed E-state index contributed by atoms with van der Waals surface area (Å²) in [4.78, 5) is 4.45. The summed E-state index contributed by atoms with van der Waals surface area (Å²) in [6.07, 6.45) is 3.73. The van der Waals surface area contributed by atoms with E-state index in [0.717, 1.165) is 20.5 Å². The van der Waals surface area contributed by atoms with Crippen molar-refractivity contribution in [2.24, 2.45) is 0 Å². The van der Waals surface area contributed by atoms with E-state index in [-0.39, 0.29) is 0 Å². The standard InChI is InChI=1S/C16H13IN2O/c17-14-7-3-2-6-13(14)16-18-9-10-19(16)11-12-5-1-4-8-15(12)20/h1-10,20H,11H2. The number of phenolic OH excluding ortho intramolecular Hbond substituents is 1. The van der Waals surface area contributed by atoms with Gasteiger partial charge in [0.05, 0.1) is 6.54 Å². The molecule has 2 aromatic carbocycles. The fourth-order valence-electron chi connectivity index (χ4n) is 2.15. The molecule has 1 aromatic heterocycles. The Balaban J connectivity index is 2.00. The molecule has 0 aliphatic heterocycles. The van der Waals surface area contributed by atoms with E-state index in [9.17, 15) is 5.11 Å². The number of para-hydroxylation sites is 1. The van der Waals surface area contributed by atoms with Crippen molar-refractivity contribution in [1.82, 2.24) is 9.55 Å². The van der Waals surface area contributed by atoms with Crippen molar-refractivity contribution in [2.75, 3.05) is 0 Å². The van der Waals surface area contributed by atoms with Crippen LogP contribution in [-0.4, -0.2) is 14.7 Å². The predicted molar refractivity (Wildman–Crippen MR) is 87.6 cm³/mol. The van der Waals surface area contributed by atoms with Crippen LogP contribution in [0.3, 0.4) is 0 Å². The smallest absolute Gasteiger partial charge is 0.141 e. The fraction of sp³-hybridized carbons (Fsp3) is 0.0625. The van der Waals surface area contributed by atoms with Gasteiger partial charge in [-0.2, -0.15) is 0 Å². The Kier molecular flexibility index (Phi) is 3.73. The van der Waals surface area contributed by atoms with Crippen molar-refractivity contribution in [3.8, 4) is 17.1 Å². The predicted octanol–water partition coefficient (Wildman–Crippen LogP) is 3.91. The lowest BCUT2D eigenvalue weighted by molar-refractivity contribution is 0.466. The Bertz CT molecular complexity index is 737. The van der Waals surface area contributed by atoms with Crippen molar-refractivity contribution in [3.05, 3.63) is 70.1 Å². The van der Waals surface area contributed by atoms with Gasteiger partial charge in [-0.25, -0.2) is 4.98 Å². The molecule has 0 bridgehead atoms. The largest absolute Gasteiger partial charge is 0.508 e. The number of hydrogen-bond acceptors (Lipinski definition) is 2. The average molecular weight is 376 g/mol. The monoisotopic (exact) mass is 376 g/mol. The summed E-state index contributed by atoms with van der Waals surface area (Å²) in [7, 11) is 0. The maximum absolute atomic E-state index is 9.89. The molecule has 100 valence electrons.